The highest BCUT2D eigenvalue weighted by Crippen LogP contribution is 2.38. The van der Waals surface area contributed by atoms with Gasteiger partial charge in [0.05, 0.1) is 22.4 Å². The molecule has 5 aromatic rings. The number of imidazole rings is 1. The quantitative estimate of drug-likeness (QED) is 0.255. The highest BCUT2D eigenvalue weighted by molar-refractivity contribution is 7.18. The summed E-state index contributed by atoms with van der Waals surface area (Å²) in [5, 5.41) is 13.4. The average molecular weight is 546 g/mol. The number of rotatable bonds is 7. The Morgan fingerprint density at radius 3 is 2.44 bits per heavy atom. The summed E-state index contributed by atoms with van der Waals surface area (Å²) in [6.45, 7) is 6.67. The van der Waals surface area contributed by atoms with Gasteiger partial charge >= 0.3 is 0 Å². The monoisotopic (exact) mass is 545 g/mol. The van der Waals surface area contributed by atoms with E-state index < -0.39 is 0 Å². The van der Waals surface area contributed by atoms with E-state index in [2.05, 4.69) is 56.0 Å². The molecule has 0 saturated carbocycles. The molecule has 0 spiro atoms. The zero-order valence-electron chi connectivity index (χ0n) is 21.9. The Morgan fingerprint density at radius 2 is 1.69 bits per heavy atom. The highest BCUT2D eigenvalue weighted by atomic mass is 32.1. The Bertz CT molecular complexity index is 1600. The molecule has 200 valence electrons. The molecule has 1 aliphatic rings. The van der Waals surface area contributed by atoms with Crippen molar-refractivity contribution in [3.05, 3.63) is 72.3 Å². The third kappa shape index (κ3) is 5.22. The number of likely N-dealkylation sites (N-methyl/N-ethyl adjacent to an activating group) is 1. The average Bonchev–Trinajstić information content (AvgIpc) is 3.54. The van der Waals surface area contributed by atoms with Gasteiger partial charge in [-0.1, -0.05) is 30.4 Å². The van der Waals surface area contributed by atoms with Crippen LogP contribution in [0.15, 0.2) is 60.7 Å². The smallest absolute Gasteiger partial charge is 0.210 e. The number of aromatic nitrogens is 4. The summed E-state index contributed by atoms with van der Waals surface area (Å²) in [4.78, 5) is 9.71. The first-order chi connectivity index (χ1) is 19.0. The number of hydrogen-bond donors (Lipinski definition) is 1. The fourth-order valence-electron chi connectivity index (χ4n) is 4.97. The number of nitrogens with zero attached hydrogens (tertiary/aromatic N) is 6. The van der Waals surface area contributed by atoms with Gasteiger partial charge in [0, 0.05) is 43.9 Å². The zero-order chi connectivity index (χ0) is 26.9. The van der Waals surface area contributed by atoms with Crippen LogP contribution in [0, 0.1) is 11.6 Å². The Kier molecular flexibility index (Phi) is 6.97. The van der Waals surface area contributed by atoms with Crippen molar-refractivity contribution in [2.45, 2.75) is 19.9 Å². The van der Waals surface area contributed by atoms with Crippen LogP contribution in [0.25, 0.3) is 33.0 Å². The molecule has 0 atom stereocenters. The molecule has 7 nitrogen and oxygen atoms in total. The molecule has 3 aromatic carbocycles. The van der Waals surface area contributed by atoms with E-state index in [-0.39, 0.29) is 11.6 Å². The summed E-state index contributed by atoms with van der Waals surface area (Å²) in [6.07, 6.45) is 0.942. The Morgan fingerprint density at radius 1 is 0.897 bits per heavy atom. The second kappa shape index (κ2) is 10.7. The third-order valence-corrected chi connectivity index (χ3v) is 7.89. The molecule has 1 fully saturated rings. The standard InChI is InChI=1S/C29H29F2N7S/c1-3-11-38-26-18-25(37-14-12-36(2)13-15-37)23(17-24(26)32-27(38)19-7-9-21(30)10-8-19)33-29-35-34-28(39-29)20-5-4-6-22(31)16-20/h4-10,16-18H,3,11-15H2,1-2H3,(H,33,35). The molecule has 39 heavy (non-hydrogen) atoms. The van der Waals surface area contributed by atoms with E-state index in [0.717, 1.165) is 72.9 Å². The molecule has 0 aliphatic carbocycles. The lowest BCUT2D eigenvalue weighted by Crippen LogP contribution is -2.44. The van der Waals surface area contributed by atoms with Crippen molar-refractivity contribution in [3.63, 3.8) is 0 Å². The second-order valence-corrected chi connectivity index (χ2v) is 10.8. The first kappa shape index (κ1) is 25.4. The molecule has 1 aliphatic heterocycles. The molecule has 1 N–H and O–H groups in total. The number of fused-ring (bicyclic) bond motifs is 1. The Balaban J connectivity index is 1.44. The van der Waals surface area contributed by atoms with Gasteiger partial charge in [-0.3, -0.25) is 0 Å². The molecule has 1 saturated heterocycles. The predicted octanol–water partition coefficient (Wildman–Crippen LogP) is 6.41. The van der Waals surface area contributed by atoms with E-state index in [1.54, 1.807) is 18.2 Å². The van der Waals surface area contributed by atoms with Gasteiger partial charge in [-0.25, -0.2) is 13.8 Å². The number of piperazine rings is 1. The van der Waals surface area contributed by atoms with Crippen molar-refractivity contribution in [1.29, 1.82) is 0 Å². The summed E-state index contributed by atoms with van der Waals surface area (Å²) in [6, 6.07) is 17.1. The number of aryl methyl sites for hydroxylation is 1. The van der Waals surface area contributed by atoms with Crippen LogP contribution in [0.3, 0.4) is 0 Å². The molecule has 10 heteroatoms. The molecule has 3 heterocycles. The number of benzene rings is 3. The van der Waals surface area contributed by atoms with Crippen molar-refractivity contribution >= 4 is 38.9 Å². The maximum atomic E-state index is 13.8. The molecular formula is C29H29F2N7S. The molecule has 0 bridgehead atoms. The topological polar surface area (TPSA) is 62.1 Å². The minimum atomic E-state index is -0.306. The number of nitrogens with one attached hydrogen (secondary N) is 1. The van der Waals surface area contributed by atoms with E-state index in [1.165, 1.54) is 35.6 Å². The molecule has 0 radical (unpaired) electrons. The lowest BCUT2D eigenvalue weighted by molar-refractivity contribution is 0.313. The fourth-order valence-corrected chi connectivity index (χ4v) is 5.72. The van der Waals surface area contributed by atoms with E-state index in [4.69, 9.17) is 4.98 Å². The summed E-state index contributed by atoms with van der Waals surface area (Å²) in [5.41, 5.74) is 5.41. The molecule has 0 unspecified atom stereocenters. The van der Waals surface area contributed by atoms with Crippen LogP contribution in [0.2, 0.25) is 0 Å². The minimum absolute atomic E-state index is 0.268. The van der Waals surface area contributed by atoms with Gasteiger partial charge in [0.25, 0.3) is 0 Å². The molecule has 6 rings (SSSR count). The summed E-state index contributed by atoms with van der Waals surface area (Å²) >= 11 is 1.38. The van der Waals surface area contributed by atoms with Gasteiger partial charge in [-0.05, 0) is 62.0 Å². The maximum absolute atomic E-state index is 13.8. The minimum Gasteiger partial charge on any atom is -0.367 e. The van der Waals surface area contributed by atoms with Crippen molar-refractivity contribution in [3.8, 4) is 22.0 Å². The molecule has 0 amide bonds. The SMILES string of the molecule is CCCn1c(-c2ccc(F)cc2)nc2cc(Nc3nnc(-c4cccc(F)c4)s3)c(N3CCN(C)CC3)cc21. The van der Waals surface area contributed by atoms with E-state index in [1.807, 2.05) is 6.07 Å². The number of anilines is 3. The van der Waals surface area contributed by atoms with E-state index >= 15 is 0 Å². The van der Waals surface area contributed by atoms with Crippen LogP contribution in [0.1, 0.15) is 13.3 Å². The van der Waals surface area contributed by atoms with Gasteiger partial charge in [-0.15, -0.1) is 10.2 Å². The van der Waals surface area contributed by atoms with Crippen LogP contribution in [0.4, 0.5) is 25.3 Å². The van der Waals surface area contributed by atoms with Gasteiger partial charge in [0.15, 0.2) is 0 Å². The molecular weight excluding hydrogens is 516 g/mol. The van der Waals surface area contributed by atoms with Crippen LogP contribution in [-0.2, 0) is 6.54 Å². The molecule has 2 aromatic heterocycles. The van der Waals surface area contributed by atoms with Crippen LogP contribution in [-0.4, -0.2) is 57.9 Å². The van der Waals surface area contributed by atoms with Crippen molar-refractivity contribution < 1.29 is 8.78 Å². The van der Waals surface area contributed by atoms with Crippen LogP contribution >= 0.6 is 11.3 Å². The van der Waals surface area contributed by atoms with Gasteiger partial charge in [0.2, 0.25) is 5.13 Å². The van der Waals surface area contributed by atoms with Crippen LogP contribution in [0.5, 0.6) is 0 Å². The summed E-state index contributed by atoms with van der Waals surface area (Å²) < 4.78 is 29.7. The second-order valence-electron chi connectivity index (χ2n) is 9.79. The first-order valence-electron chi connectivity index (χ1n) is 13.1. The summed E-state index contributed by atoms with van der Waals surface area (Å²) in [7, 11) is 2.14. The normalized spacial score (nSPS) is 14.3. The number of halogens is 2. The van der Waals surface area contributed by atoms with Crippen molar-refractivity contribution in [2.75, 3.05) is 43.4 Å². The maximum Gasteiger partial charge on any atom is 0.210 e. The summed E-state index contributed by atoms with van der Waals surface area (Å²) in [5.74, 6) is 0.243. The van der Waals surface area contributed by atoms with Gasteiger partial charge in [-0.2, -0.15) is 0 Å². The highest BCUT2D eigenvalue weighted by Gasteiger charge is 2.22. The Labute approximate surface area is 229 Å². The lowest BCUT2D eigenvalue weighted by atomic mass is 10.2. The van der Waals surface area contributed by atoms with Crippen LogP contribution < -0.4 is 10.2 Å². The van der Waals surface area contributed by atoms with Gasteiger partial charge < -0.3 is 19.7 Å². The van der Waals surface area contributed by atoms with Gasteiger partial charge in [0.1, 0.15) is 22.5 Å². The Hall–Kier alpha value is -3.89. The van der Waals surface area contributed by atoms with E-state index in [0.29, 0.717) is 15.7 Å². The van der Waals surface area contributed by atoms with Crippen molar-refractivity contribution in [1.82, 2.24) is 24.6 Å². The predicted molar refractivity (Wildman–Crippen MR) is 154 cm³/mol. The third-order valence-electron chi connectivity index (χ3n) is 7.00. The van der Waals surface area contributed by atoms with Crippen molar-refractivity contribution in [2.24, 2.45) is 0 Å². The zero-order valence-corrected chi connectivity index (χ0v) is 22.7. The van der Waals surface area contributed by atoms with E-state index in [9.17, 15) is 8.78 Å². The lowest BCUT2D eigenvalue weighted by Gasteiger charge is -2.35. The fraction of sp³-hybridized carbons (Fsp3) is 0.276. The largest absolute Gasteiger partial charge is 0.367 e. The first-order valence-corrected chi connectivity index (χ1v) is 13.9. The number of hydrogen-bond acceptors (Lipinski definition) is 7.